The SMILES string of the molecule is CCn1cc(C(=O)O)c(=O)c2cc(F)c(N3CCN(CC(O)CNc4ncn[nH]4)CC3)cc21. The Labute approximate surface area is 188 Å². The van der Waals surface area contributed by atoms with Gasteiger partial charge in [0.1, 0.15) is 17.7 Å². The molecule has 1 fully saturated rings. The van der Waals surface area contributed by atoms with Crippen molar-refractivity contribution >= 4 is 28.5 Å². The van der Waals surface area contributed by atoms with E-state index in [9.17, 15) is 24.2 Å². The Morgan fingerprint density at radius 1 is 1.30 bits per heavy atom. The van der Waals surface area contributed by atoms with Gasteiger partial charge < -0.3 is 25.0 Å². The van der Waals surface area contributed by atoms with E-state index in [1.807, 2.05) is 11.8 Å². The monoisotopic (exact) mass is 459 g/mol. The number of carboxylic acid groups (broad SMARTS) is 1. The number of fused-ring (bicyclic) bond motifs is 1. The minimum Gasteiger partial charge on any atom is -0.477 e. The molecule has 4 N–H and O–H groups in total. The van der Waals surface area contributed by atoms with E-state index in [2.05, 4.69) is 25.4 Å². The van der Waals surface area contributed by atoms with Gasteiger partial charge in [-0.05, 0) is 19.1 Å². The van der Waals surface area contributed by atoms with E-state index in [0.717, 1.165) is 6.07 Å². The highest BCUT2D eigenvalue weighted by molar-refractivity contribution is 5.93. The van der Waals surface area contributed by atoms with Crippen molar-refractivity contribution in [2.45, 2.75) is 19.6 Å². The van der Waals surface area contributed by atoms with Crippen LogP contribution in [0, 0.1) is 5.82 Å². The van der Waals surface area contributed by atoms with Crippen LogP contribution in [0.3, 0.4) is 0 Å². The summed E-state index contributed by atoms with van der Waals surface area (Å²) >= 11 is 0. The number of pyridine rings is 1. The van der Waals surface area contributed by atoms with Crippen molar-refractivity contribution in [1.82, 2.24) is 24.6 Å². The molecule has 33 heavy (non-hydrogen) atoms. The maximum atomic E-state index is 15.0. The van der Waals surface area contributed by atoms with Gasteiger partial charge in [0.15, 0.2) is 0 Å². The Kier molecular flexibility index (Phi) is 6.56. The van der Waals surface area contributed by atoms with Crippen LogP contribution in [0.4, 0.5) is 16.0 Å². The first-order valence-electron chi connectivity index (χ1n) is 10.7. The van der Waals surface area contributed by atoms with E-state index in [1.165, 1.54) is 12.5 Å². The largest absolute Gasteiger partial charge is 0.477 e. The fourth-order valence-corrected chi connectivity index (χ4v) is 4.09. The van der Waals surface area contributed by atoms with Crippen LogP contribution in [0.2, 0.25) is 0 Å². The van der Waals surface area contributed by atoms with Crippen molar-refractivity contribution in [1.29, 1.82) is 0 Å². The van der Waals surface area contributed by atoms with Crippen molar-refractivity contribution < 1.29 is 19.4 Å². The maximum absolute atomic E-state index is 15.0. The van der Waals surface area contributed by atoms with Gasteiger partial charge in [-0.15, -0.1) is 0 Å². The molecule has 0 bridgehead atoms. The van der Waals surface area contributed by atoms with Crippen molar-refractivity contribution in [3.8, 4) is 0 Å². The molecule has 3 heterocycles. The van der Waals surface area contributed by atoms with Crippen molar-refractivity contribution in [2.24, 2.45) is 0 Å². The number of aromatic amines is 1. The minimum absolute atomic E-state index is 0.0546. The van der Waals surface area contributed by atoms with Gasteiger partial charge in [-0.3, -0.25) is 9.69 Å². The lowest BCUT2D eigenvalue weighted by atomic mass is 10.1. The molecular weight excluding hydrogens is 433 g/mol. The molecule has 0 amide bonds. The third-order valence-corrected chi connectivity index (χ3v) is 5.82. The minimum atomic E-state index is -1.33. The molecular formula is C21H26FN7O4. The number of aliphatic hydroxyl groups excluding tert-OH is 1. The zero-order chi connectivity index (χ0) is 23.5. The molecule has 4 rings (SSSR count). The maximum Gasteiger partial charge on any atom is 0.341 e. The number of piperazine rings is 1. The van der Waals surface area contributed by atoms with E-state index in [1.54, 1.807) is 10.6 Å². The number of hydrogen-bond donors (Lipinski definition) is 4. The normalized spacial score (nSPS) is 15.7. The Balaban J connectivity index is 1.45. The number of nitrogens with zero attached hydrogens (tertiary/aromatic N) is 5. The van der Waals surface area contributed by atoms with Crippen LogP contribution in [0.1, 0.15) is 17.3 Å². The zero-order valence-electron chi connectivity index (χ0n) is 18.2. The van der Waals surface area contributed by atoms with E-state index in [0.29, 0.717) is 63.0 Å². The predicted molar refractivity (Wildman–Crippen MR) is 120 cm³/mol. The highest BCUT2D eigenvalue weighted by Gasteiger charge is 2.23. The second-order valence-corrected chi connectivity index (χ2v) is 7.94. The fourth-order valence-electron chi connectivity index (χ4n) is 4.09. The smallest absolute Gasteiger partial charge is 0.341 e. The number of nitrogens with one attached hydrogen (secondary N) is 2. The second-order valence-electron chi connectivity index (χ2n) is 7.94. The van der Waals surface area contributed by atoms with Crippen molar-refractivity contribution in [3.63, 3.8) is 0 Å². The number of aromatic carboxylic acids is 1. The number of hydrogen-bond acceptors (Lipinski definition) is 8. The summed E-state index contributed by atoms with van der Waals surface area (Å²) in [5.74, 6) is -1.40. The molecule has 1 aliphatic rings. The number of benzene rings is 1. The van der Waals surface area contributed by atoms with E-state index in [4.69, 9.17) is 0 Å². The van der Waals surface area contributed by atoms with E-state index < -0.39 is 23.3 Å². The first kappa shape index (κ1) is 22.7. The van der Waals surface area contributed by atoms with Gasteiger partial charge in [-0.25, -0.2) is 19.3 Å². The van der Waals surface area contributed by atoms with Crippen molar-refractivity contribution in [3.05, 3.63) is 46.3 Å². The molecule has 2 aromatic heterocycles. The summed E-state index contributed by atoms with van der Waals surface area (Å²) < 4.78 is 16.6. The number of carboxylic acids is 1. The quantitative estimate of drug-likeness (QED) is 0.381. The van der Waals surface area contributed by atoms with Crippen LogP contribution in [0.25, 0.3) is 10.9 Å². The van der Waals surface area contributed by atoms with Gasteiger partial charge in [0.05, 0.1) is 17.3 Å². The van der Waals surface area contributed by atoms with Gasteiger partial charge in [0.25, 0.3) is 0 Å². The lowest BCUT2D eigenvalue weighted by molar-refractivity contribution is 0.0694. The predicted octanol–water partition coefficient (Wildman–Crippen LogP) is 0.572. The lowest BCUT2D eigenvalue weighted by Gasteiger charge is -2.37. The topological polar surface area (TPSA) is 140 Å². The second kappa shape index (κ2) is 9.55. The number of carbonyl (C=O) groups is 1. The fraction of sp³-hybridized carbons (Fsp3) is 0.429. The lowest BCUT2D eigenvalue weighted by Crippen LogP contribution is -2.49. The molecule has 3 aromatic rings. The number of aliphatic hydroxyl groups is 1. The molecule has 1 unspecified atom stereocenters. The molecule has 1 aliphatic heterocycles. The Morgan fingerprint density at radius 3 is 2.70 bits per heavy atom. The number of halogens is 1. The molecule has 1 aromatic carbocycles. The summed E-state index contributed by atoms with van der Waals surface area (Å²) in [5.41, 5.74) is -0.188. The van der Waals surface area contributed by atoms with Gasteiger partial charge in [-0.1, -0.05) is 0 Å². The Bertz CT molecular complexity index is 1190. The number of rotatable bonds is 8. The summed E-state index contributed by atoms with van der Waals surface area (Å²) in [4.78, 5) is 31.9. The highest BCUT2D eigenvalue weighted by atomic mass is 19.1. The molecule has 1 atom stereocenters. The summed E-state index contributed by atoms with van der Waals surface area (Å²) in [6.45, 7) is 5.42. The molecule has 1 saturated heterocycles. The van der Waals surface area contributed by atoms with E-state index >= 15 is 0 Å². The number of aromatic nitrogens is 4. The molecule has 0 spiro atoms. The summed E-state index contributed by atoms with van der Waals surface area (Å²) in [6.07, 6.45) is 2.08. The average Bonchev–Trinajstić information content (AvgIpc) is 3.32. The molecule has 0 aliphatic carbocycles. The first-order valence-corrected chi connectivity index (χ1v) is 10.7. The third kappa shape index (κ3) is 4.81. The van der Waals surface area contributed by atoms with Gasteiger partial charge >= 0.3 is 5.97 Å². The van der Waals surface area contributed by atoms with Gasteiger partial charge in [-0.2, -0.15) is 5.10 Å². The third-order valence-electron chi connectivity index (χ3n) is 5.82. The van der Waals surface area contributed by atoms with Crippen LogP contribution in [-0.4, -0.2) is 86.2 Å². The number of β-amino-alcohol motifs (C(OH)–C–C–N with tert-alkyl or cyclic N) is 1. The molecule has 0 radical (unpaired) electrons. The first-order chi connectivity index (χ1) is 15.9. The van der Waals surface area contributed by atoms with Gasteiger partial charge in [0.2, 0.25) is 11.4 Å². The Hall–Kier alpha value is -3.51. The number of anilines is 2. The average molecular weight is 459 g/mol. The van der Waals surface area contributed by atoms with Crippen LogP contribution in [0.15, 0.2) is 29.5 Å². The molecule has 11 nitrogen and oxygen atoms in total. The number of H-pyrrole nitrogens is 1. The van der Waals surface area contributed by atoms with Crippen LogP contribution in [0.5, 0.6) is 0 Å². The molecule has 12 heteroatoms. The molecule has 176 valence electrons. The van der Waals surface area contributed by atoms with E-state index in [-0.39, 0.29) is 10.9 Å². The zero-order valence-corrected chi connectivity index (χ0v) is 18.2. The van der Waals surface area contributed by atoms with Crippen LogP contribution >= 0.6 is 0 Å². The Morgan fingerprint density at radius 2 is 2.06 bits per heavy atom. The molecule has 0 saturated carbocycles. The van der Waals surface area contributed by atoms with Gasteiger partial charge in [0, 0.05) is 57.4 Å². The van der Waals surface area contributed by atoms with Crippen LogP contribution in [-0.2, 0) is 6.54 Å². The summed E-state index contributed by atoms with van der Waals surface area (Å²) in [7, 11) is 0. The van der Waals surface area contributed by atoms with Crippen molar-refractivity contribution in [2.75, 3.05) is 49.5 Å². The number of aryl methyl sites for hydroxylation is 1. The summed E-state index contributed by atoms with van der Waals surface area (Å²) in [6, 6.07) is 2.75. The van der Waals surface area contributed by atoms with Crippen LogP contribution < -0.4 is 15.6 Å². The standard InChI is InChI=1S/C21H26FN7O4/c1-2-28-11-15(20(32)33)19(31)14-7-16(22)18(8-17(14)28)29-5-3-27(4-6-29)10-13(30)9-23-21-24-12-25-26-21/h7-8,11-13,30H,2-6,9-10H2,1H3,(H,32,33)(H2,23,24,25,26). The summed E-state index contributed by atoms with van der Waals surface area (Å²) in [5, 5.41) is 29.0. The highest BCUT2D eigenvalue weighted by Crippen LogP contribution is 2.26.